The highest BCUT2D eigenvalue weighted by atomic mass is 32.2. The molecule has 1 aliphatic carbocycles. The predicted molar refractivity (Wildman–Crippen MR) is 122 cm³/mol. The predicted octanol–water partition coefficient (Wildman–Crippen LogP) is 3.79. The normalized spacial score (nSPS) is 24.6. The number of carbonyl (C=O) groups excluding carboxylic acids is 1. The van der Waals surface area contributed by atoms with E-state index in [2.05, 4.69) is 4.72 Å². The maximum Gasteiger partial charge on any atom is 0.325 e. The van der Waals surface area contributed by atoms with Crippen molar-refractivity contribution in [2.45, 2.75) is 37.1 Å². The molecule has 2 heterocycles. The number of ether oxygens (including phenoxy) is 1. The minimum Gasteiger partial charge on any atom is -0.491 e. The van der Waals surface area contributed by atoms with Gasteiger partial charge in [0, 0.05) is 36.2 Å². The molecule has 3 aliphatic rings. The molecular formula is C24H26F3N3O3S. The number of hydrogen-bond acceptors (Lipinski definition) is 3. The van der Waals surface area contributed by atoms with Crippen LogP contribution in [0.3, 0.4) is 0 Å². The van der Waals surface area contributed by atoms with Gasteiger partial charge in [-0.25, -0.2) is 18.1 Å². The average molecular weight is 494 g/mol. The summed E-state index contributed by atoms with van der Waals surface area (Å²) in [4.78, 5) is 16.6. The minimum absolute atomic E-state index is 0.113. The molecule has 2 aliphatic heterocycles. The van der Waals surface area contributed by atoms with Crippen molar-refractivity contribution in [1.82, 2.24) is 14.5 Å². The summed E-state index contributed by atoms with van der Waals surface area (Å²) in [6.07, 6.45) is 1.57. The van der Waals surface area contributed by atoms with Crippen LogP contribution in [-0.4, -0.2) is 64.6 Å². The zero-order valence-corrected chi connectivity index (χ0v) is 19.5. The van der Waals surface area contributed by atoms with Gasteiger partial charge < -0.3 is 14.5 Å². The highest BCUT2D eigenvalue weighted by Gasteiger charge is 2.61. The molecule has 2 amide bonds. The Morgan fingerprint density at radius 1 is 1.15 bits per heavy atom. The lowest BCUT2D eigenvalue weighted by Gasteiger charge is -2.32. The van der Waals surface area contributed by atoms with Crippen LogP contribution >= 0.6 is 0 Å². The Morgan fingerprint density at radius 2 is 1.88 bits per heavy atom. The van der Waals surface area contributed by atoms with E-state index < -0.39 is 40.1 Å². The molecule has 0 radical (unpaired) electrons. The van der Waals surface area contributed by atoms with Crippen molar-refractivity contribution < 1.29 is 26.9 Å². The summed E-state index contributed by atoms with van der Waals surface area (Å²) < 4.78 is 62.8. The summed E-state index contributed by atoms with van der Waals surface area (Å²) in [5.74, 6) is -2.97. The molecule has 1 N–H and O–H groups in total. The zero-order valence-electron chi connectivity index (χ0n) is 18.7. The van der Waals surface area contributed by atoms with Crippen LogP contribution in [0.25, 0.3) is 11.1 Å². The fourth-order valence-electron chi connectivity index (χ4n) is 5.18. The highest BCUT2D eigenvalue weighted by molar-refractivity contribution is 7.83. The van der Waals surface area contributed by atoms with E-state index in [1.165, 1.54) is 4.90 Å². The number of alkyl halides is 2. The van der Waals surface area contributed by atoms with Gasteiger partial charge in [0.2, 0.25) is 0 Å². The average Bonchev–Trinajstić information content (AvgIpc) is 3.54. The van der Waals surface area contributed by atoms with Gasteiger partial charge in [-0.1, -0.05) is 36.4 Å². The van der Waals surface area contributed by atoms with Crippen LogP contribution < -0.4 is 9.46 Å². The van der Waals surface area contributed by atoms with E-state index in [1.807, 2.05) is 0 Å². The topological polar surface area (TPSA) is 61.9 Å². The number of amides is 2. The van der Waals surface area contributed by atoms with E-state index in [4.69, 9.17) is 4.74 Å². The van der Waals surface area contributed by atoms with Crippen LogP contribution in [-0.2, 0) is 17.4 Å². The summed E-state index contributed by atoms with van der Waals surface area (Å²) in [5, 5.41) is 0. The summed E-state index contributed by atoms with van der Waals surface area (Å²) in [6, 6.07) is 10.7. The molecule has 6 nitrogen and oxygen atoms in total. The van der Waals surface area contributed by atoms with Crippen molar-refractivity contribution in [3.05, 3.63) is 53.8 Å². The number of benzene rings is 2. The fraction of sp³-hybridized carbons (Fsp3) is 0.458. The standard InChI is InChI=1S/C24H26F3N3O3S/c1-29-11-12-33-19-8-3-2-6-16(19)17-7-4-5-15(20(17)25)13-18-21(28-34(32)22(26)27)24(9-10-24)14-30(18)23(29)31/h2-8,18,21-22,28H,9-14H2,1H3. The van der Waals surface area contributed by atoms with Gasteiger partial charge in [-0.15, -0.1) is 0 Å². The molecule has 3 atom stereocenters. The molecule has 1 saturated heterocycles. The Bertz CT molecular complexity index is 1130. The molecule has 2 aromatic carbocycles. The number of carbonyl (C=O) groups is 1. The first-order valence-corrected chi connectivity index (χ1v) is 12.5. The highest BCUT2D eigenvalue weighted by Crippen LogP contribution is 2.55. The van der Waals surface area contributed by atoms with Crippen LogP contribution in [0.5, 0.6) is 5.75 Å². The third-order valence-corrected chi connectivity index (χ3v) is 7.98. The summed E-state index contributed by atoms with van der Waals surface area (Å²) in [5.41, 5.74) is 0.910. The third-order valence-electron chi connectivity index (χ3n) is 7.17. The number of urea groups is 1. The molecule has 2 bridgehead atoms. The van der Waals surface area contributed by atoms with Crippen molar-refractivity contribution in [2.24, 2.45) is 5.41 Å². The number of hydrogen-bond donors (Lipinski definition) is 1. The second kappa shape index (κ2) is 8.88. The molecule has 34 heavy (non-hydrogen) atoms. The molecule has 2 fully saturated rings. The molecule has 5 rings (SSSR count). The Labute approximate surface area is 198 Å². The summed E-state index contributed by atoms with van der Waals surface area (Å²) >= 11 is 0. The number of halogens is 3. The Hall–Kier alpha value is -2.59. The molecule has 1 spiro atoms. The molecule has 182 valence electrons. The summed E-state index contributed by atoms with van der Waals surface area (Å²) in [6.45, 7) is 0.854. The van der Waals surface area contributed by atoms with Gasteiger partial charge in [-0.2, -0.15) is 8.78 Å². The SMILES string of the molecule is CN1CCOc2ccccc2-c2cccc(c2F)CC2C(NS(=O)C(F)F)C3(CC3)CN2C1=O. The largest absolute Gasteiger partial charge is 0.491 e. The molecular weight excluding hydrogens is 467 g/mol. The number of para-hydroxylation sites is 1. The van der Waals surface area contributed by atoms with Crippen molar-refractivity contribution in [2.75, 3.05) is 26.7 Å². The maximum atomic E-state index is 15.8. The smallest absolute Gasteiger partial charge is 0.325 e. The number of rotatable bonds is 3. The Kier molecular flexibility index (Phi) is 6.05. The van der Waals surface area contributed by atoms with E-state index >= 15 is 4.39 Å². The van der Waals surface area contributed by atoms with Crippen molar-refractivity contribution in [3.63, 3.8) is 0 Å². The van der Waals surface area contributed by atoms with Gasteiger partial charge in [-0.3, -0.25) is 0 Å². The molecule has 3 unspecified atom stereocenters. The molecule has 2 aromatic rings. The monoisotopic (exact) mass is 493 g/mol. The minimum atomic E-state index is -3.05. The van der Waals surface area contributed by atoms with E-state index in [1.54, 1.807) is 54.4 Å². The number of nitrogens with zero attached hydrogens (tertiary/aromatic N) is 2. The van der Waals surface area contributed by atoms with Crippen LogP contribution in [0, 0.1) is 11.2 Å². The van der Waals surface area contributed by atoms with Crippen molar-refractivity contribution >= 4 is 17.0 Å². The fourth-order valence-corrected chi connectivity index (χ4v) is 5.94. The van der Waals surface area contributed by atoms with Crippen molar-refractivity contribution in [1.29, 1.82) is 0 Å². The first kappa shape index (κ1) is 23.2. The Morgan fingerprint density at radius 3 is 2.62 bits per heavy atom. The number of fused-ring (bicyclic) bond motifs is 5. The number of likely N-dealkylation sites (N-methyl/N-ethyl adjacent to an activating group) is 1. The van der Waals surface area contributed by atoms with Gasteiger partial charge in [0.15, 0.2) is 11.0 Å². The van der Waals surface area contributed by atoms with Crippen molar-refractivity contribution in [3.8, 4) is 16.9 Å². The lowest BCUT2D eigenvalue weighted by Crippen LogP contribution is -2.51. The third kappa shape index (κ3) is 4.07. The zero-order chi connectivity index (χ0) is 24.0. The van der Waals surface area contributed by atoms with E-state index in [0.717, 1.165) is 12.8 Å². The molecule has 10 heteroatoms. The number of nitrogens with one attached hydrogen (secondary N) is 1. The van der Waals surface area contributed by atoms with E-state index in [0.29, 0.717) is 35.5 Å². The lowest BCUT2D eigenvalue weighted by atomic mass is 9.91. The second-order valence-electron chi connectivity index (χ2n) is 9.24. The van der Waals surface area contributed by atoms with Gasteiger partial charge in [0.1, 0.15) is 18.2 Å². The first-order chi connectivity index (χ1) is 16.3. The van der Waals surface area contributed by atoms with Gasteiger partial charge >= 0.3 is 11.8 Å². The van der Waals surface area contributed by atoms with Crippen LogP contribution in [0.1, 0.15) is 18.4 Å². The quantitative estimate of drug-likeness (QED) is 0.708. The Balaban J connectivity index is 1.59. The maximum absolute atomic E-state index is 15.8. The summed E-state index contributed by atoms with van der Waals surface area (Å²) in [7, 11) is -0.910. The van der Waals surface area contributed by atoms with Crippen LogP contribution in [0.2, 0.25) is 0 Å². The van der Waals surface area contributed by atoms with Crippen LogP contribution in [0.15, 0.2) is 42.5 Å². The van der Waals surface area contributed by atoms with Gasteiger partial charge in [-0.05, 0) is 30.9 Å². The molecule has 1 saturated carbocycles. The van der Waals surface area contributed by atoms with E-state index in [9.17, 15) is 17.8 Å². The molecule has 0 aromatic heterocycles. The van der Waals surface area contributed by atoms with Crippen LogP contribution in [0.4, 0.5) is 18.0 Å². The first-order valence-electron chi connectivity index (χ1n) is 11.3. The van der Waals surface area contributed by atoms with Gasteiger partial charge in [0.25, 0.3) is 0 Å². The van der Waals surface area contributed by atoms with E-state index in [-0.39, 0.29) is 19.1 Å². The lowest BCUT2D eigenvalue weighted by molar-refractivity contribution is 0.146. The second-order valence-corrected chi connectivity index (χ2v) is 10.4. The van der Waals surface area contributed by atoms with Gasteiger partial charge in [0.05, 0.1) is 12.6 Å².